The molecule has 1 rings (SSSR count). The van der Waals surface area contributed by atoms with E-state index in [1.54, 1.807) is 0 Å². The van der Waals surface area contributed by atoms with E-state index in [0.717, 1.165) is 0 Å². The van der Waals surface area contributed by atoms with Gasteiger partial charge in [-0.05, 0) is 24.7 Å². The molecular formula is C10H14O4-2. The molecule has 1 saturated carbocycles. The van der Waals surface area contributed by atoms with Crippen LogP contribution in [0.5, 0.6) is 0 Å². The van der Waals surface area contributed by atoms with Crippen molar-refractivity contribution in [2.45, 2.75) is 26.7 Å². The van der Waals surface area contributed by atoms with Gasteiger partial charge in [0.1, 0.15) is 0 Å². The molecule has 80 valence electrons. The molecule has 0 heterocycles. The molecule has 1 fully saturated rings. The lowest BCUT2D eigenvalue weighted by Gasteiger charge is -2.39. The van der Waals surface area contributed by atoms with Crippen molar-refractivity contribution in [3.8, 4) is 0 Å². The first-order chi connectivity index (χ1) is 6.43. The Kier molecular flexibility index (Phi) is 3.13. The van der Waals surface area contributed by atoms with Gasteiger partial charge in [-0.3, -0.25) is 0 Å². The number of rotatable bonds is 2. The Morgan fingerprint density at radius 3 is 1.43 bits per heavy atom. The Hall–Kier alpha value is -1.06. The summed E-state index contributed by atoms with van der Waals surface area (Å²) in [5.41, 5.74) is 0. The number of carboxylic acid groups (broad SMARTS) is 2. The highest BCUT2D eigenvalue weighted by Crippen LogP contribution is 2.37. The largest absolute Gasteiger partial charge is 0.550 e. The predicted octanol–water partition coefficient (Wildman–Crippen LogP) is -1.22. The predicted molar refractivity (Wildman–Crippen MR) is 44.6 cm³/mol. The van der Waals surface area contributed by atoms with Gasteiger partial charge in [-0.1, -0.05) is 13.8 Å². The van der Waals surface area contributed by atoms with Gasteiger partial charge >= 0.3 is 0 Å². The highest BCUT2D eigenvalue weighted by atomic mass is 16.4. The third-order valence-electron chi connectivity index (χ3n) is 3.31. The number of aliphatic carboxylic acids is 2. The van der Waals surface area contributed by atoms with E-state index in [9.17, 15) is 19.8 Å². The number of hydrogen-bond donors (Lipinski definition) is 0. The summed E-state index contributed by atoms with van der Waals surface area (Å²) in [6, 6.07) is 0. The molecule has 0 spiro atoms. The summed E-state index contributed by atoms with van der Waals surface area (Å²) in [4.78, 5) is 21.4. The van der Waals surface area contributed by atoms with Crippen molar-refractivity contribution in [3.05, 3.63) is 0 Å². The lowest BCUT2D eigenvalue weighted by Crippen LogP contribution is -2.48. The van der Waals surface area contributed by atoms with Gasteiger partial charge in [0.2, 0.25) is 0 Å². The Balaban J connectivity index is 2.80. The van der Waals surface area contributed by atoms with Crippen molar-refractivity contribution >= 4 is 11.9 Å². The smallest absolute Gasteiger partial charge is 0.0451 e. The van der Waals surface area contributed by atoms with Gasteiger partial charge < -0.3 is 19.8 Å². The van der Waals surface area contributed by atoms with E-state index in [0.29, 0.717) is 12.8 Å². The lowest BCUT2D eigenvalue weighted by atomic mass is 9.69. The van der Waals surface area contributed by atoms with Crippen LogP contribution in [0, 0.1) is 23.7 Å². The number of carboxylic acids is 2. The topological polar surface area (TPSA) is 80.3 Å². The molecule has 0 bridgehead atoms. The van der Waals surface area contributed by atoms with Gasteiger partial charge in [0.25, 0.3) is 0 Å². The molecule has 0 aliphatic heterocycles. The number of carbonyl (C=O) groups excluding carboxylic acids is 2. The molecule has 1 aliphatic rings. The van der Waals surface area contributed by atoms with Crippen molar-refractivity contribution in [2.24, 2.45) is 23.7 Å². The minimum absolute atomic E-state index is 0.230. The zero-order chi connectivity index (χ0) is 10.9. The lowest BCUT2D eigenvalue weighted by molar-refractivity contribution is -0.329. The van der Waals surface area contributed by atoms with Crippen LogP contribution >= 0.6 is 0 Å². The van der Waals surface area contributed by atoms with Gasteiger partial charge in [-0.15, -0.1) is 0 Å². The molecule has 4 atom stereocenters. The molecular weight excluding hydrogens is 184 g/mol. The van der Waals surface area contributed by atoms with Gasteiger partial charge in [-0.25, -0.2) is 0 Å². The second-order valence-corrected chi connectivity index (χ2v) is 4.28. The maximum Gasteiger partial charge on any atom is 0.0451 e. The molecule has 0 aromatic carbocycles. The van der Waals surface area contributed by atoms with E-state index in [-0.39, 0.29) is 11.8 Å². The summed E-state index contributed by atoms with van der Waals surface area (Å²) >= 11 is 0. The summed E-state index contributed by atoms with van der Waals surface area (Å²) in [5.74, 6) is -3.84. The van der Waals surface area contributed by atoms with E-state index in [1.807, 2.05) is 13.8 Å². The Morgan fingerprint density at radius 1 is 0.929 bits per heavy atom. The molecule has 0 amide bonds. The first-order valence-electron chi connectivity index (χ1n) is 4.85. The maximum absolute atomic E-state index is 10.7. The highest BCUT2D eigenvalue weighted by Gasteiger charge is 2.34. The first-order valence-corrected chi connectivity index (χ1v) is 4.85. The van der Waals surface area contributed by atoms with Gasteiger partial charge in [-0.2, -0.15) is 0 Å². The summed E-state index contributed by atoms with van der Waals surface area (Å²) < 4.78 is 0. The molecule has 4 nitrogen and oxygen atoms in total. The van der Waals surface area contributed by atoms with Crippen LogP contribution in [-0.2, 0) is 9.59 Å². The summed E-state index contributed by atoms with van der Waals surface area (Å²) in [6.07, 6.45) is 0.754. The Labute approximate surface area is 82.9 Å². The van der Waals surface area contributed by atoms with Crippen LogP contribution < -0.4 is 10.2 Å². The standard InChI is InChI=1S/C10H16O4/c1-5-3-7(9(11)12)8(10(13)14)4-6(5)2/h5-8H,3-4H2,1-2H3,(H,11,12)(H,13,14)/p-2/t5-,6+,7-,8+. The van der Waals surface area contributed by atoms with Crippen molar-refractivity contribution in [3.63, 3.8) is 0 Å². The third-order valence-corrected chi connectivity index (χ3v) is 3.31. The van der Waals surface area contributed by atoms with Crippen LogP contribution in [0.1, 0.15) is 26.7 Å². The van der Waals surface area contributed by atoms with Crippen LogP contribution in [0.3, 0.4) is 0 Å². The fraction of sp³-hybridized carbons (Fsp3) is 0.800. The molecule has 14 heavy (non-hydrogen) atoms. The van der Waals surface area contributed by atoms with Crippen LogP contribution in [0.4, 0.5) is 0 Å². The second kappa shape index (κ2) is 3.98. The zero-order valence-corrected chi connectivity index (χ0v) is 8.36. The molecule has 0 aromatic rings. The van der Waals surface area contributed by atoms with E-state index in [1.165, 1.54) is 0 Å². The molecule has 4 heteroatoms. The second-order valence-electron chi connectivity index (χ2n) is 4.28. The summed E-state index contributed by atoms with van der Waals surface area (Å²) in [5, 5.41) is 21.4. The third kappa shape index (κ3) is 2.05. The van der Waals surface area contributed by atoms with Crippen molar-refractivity contribution in [2.75, 3.05) is 0 Å². The Morgan fingerprint density at radius 2 is 1.21 bits per heavy atom. The molecule has 0 radical (unpaired) electrons. The highest BCUT2D eigenvalue weighted by molar-refractivity contribution is 5.78. The fourth-order valence-corrected chi connectivity index (χ4v) is 2.12. The van der Waals surface area contributed by atoms with Gasteiger partial charge in [0.15, 0.2) is 0 Å². The average molecular weight is 198 g/mol. The number of carbonyl (C=O) groups is 2. The fourth-order valence-electron chi connectivity index (χ4n) is 2.12. The quantitative estimate of drug-likeness (QED) is 0.557. The van der Waals surface area contributed by atoms with E-state index < -0.39 is 23.8 Å². The Bertz CT molecular complexity index is 223. The maximum atomic E-state index is 10.7. The van der Waals surface area contributed by atoms with E-state index in [2.05, 4.69) is 0 Å². The van der Waals surface area contributed by atoms with Crippen molar-refractivity contribution < 1.29 is 19.8 Å². The van der Waals surface area contributed by atoms with Gasteiger partial charge in [0, 0.05) is 23.8 Å². The zero-order valence-electron chi connectivity index (χ0n) is 8.36. The SMILES string of the molecule is C[C@@H]1C[C@@H](C(=O)[O-])[C@@H](C(=O)[O-])C[C@@H]1C. The van der Waals surface area contributed by atoms with Crippen molar-refractivity contribution in [1.82, 2.24) is 0 Å². The summed E-state index contributed by atoms with van der Waals surface area (Å²) in [7, 11) is 0. The van der Waals surface area contributed by atoms with Crippen LogP contribution in [0.15, 0.2) is 0 Å². The molecule has 0 aromatic heterocycles. The van der Waals surface area contributed by atoms with Crippen molar-refractivity contribution in [1.29, 1.82) is 0 Å². The minimum Gasteiger partial charge on any atom is -0.550 e. The first kappa shape index (κ1) is 11.0. The minimum atomic E-state index is -1.27. The van der Waals surface area contributed by atoms with E-state index in [4.69, 9.17) is 0 Å². The number of hydrogen-bond acceptors (Lipinski definition) is 4. The normalized spacial score (nSPS) is 37.9. The van der Waals surface area contributed by atoms with Crippen LogP contribution in [0.25, 0.3) is 0 Å². The summed E-state index contributed by atoms with van der Waals surface area (Å²) in [6.45, 7) is 3.87. The average Bonchev–Trinajstić information content (AvgIpc) is 2.08. The molecule has 1 aliphatic carbocycles. The molecule has 0 unspecified atom stereocenters. The van der Waals surface area contributed by atoms with Crippen LogP contribution in [0.2, 0.25) is 0 Å². The molecule has 0 saturated heterocycles. The van der Waals surface area contributed by atoms with E-state index >= 15 is 0 Å². The monoisotopic (exact) mass is 198 g/mol. The van der Waals surface area contributed by atoms with Gasteiger partial charge in [0.05, 0.1) is 0 Å². The molecule has 0 N–H and O–H groups in total. The van der Waals surface area contributed by atoms with Crippen LogP contribution in [-0.4, -0.2) is 11.9 Å².